The second-order valence-corrected chi connectivity index (χ2v) is 8.64. The molecular formula is C25H34O11. The Morgan fingerprint density at radius 2 is 1.56 bits per heavy atom. The van der Waals surface area contributed by atoms with Crippen LogP contribution in [-0.2, 0) is 58.9 Å². The quantitative estimate of drug-likeness (QED) is 0.357. The van der Waals surface area contributed by atoms with E-state index in [-0.39, 0.29) is 6.42 Å². The lowest BCUT2D eigenvalue weighted by Gasteiger charge is -2.44. The van der Waals surface area contributed by atoms with Crippen LogP contribution in [0.4, 0.5) is 0 Å². The van der Waals surface area contributed by atoms with Gasteiger partial charge in [-0.1, -0.05) is 30.3 Å². The number of benzene rings is 1. The van der Waals surface area contributed by atoms with Crippen molar-refractivity contribution >= 4 is 17.9 Å². The van der Waals surface area contributed by atoms with Gasteiger partial charge in [0.15, 0.2) is 24.8 Å². The van der Waals surface area contributed by atoms with E-state index in [0.29, 0.717) is 13.0 Å². The number of carbonyl (C=O) groups is 3. The lowest BCUT2D eigenvalue weighted by atomic mass is 9.99. The predicted molar refractivity (Wildman–Crippen MR) is 122 cm³/mol. The van der Waals surface area contributed by atoms with Crippen LogP contribution in [0.1, 0.15) is 39.2 Å². The molecule has 2 heterocycles. The van der Waals surface area contributed by atoms with Crippen LogP contribution >= 0.6 is 0 Å². The van der Waals surface area contributed by atoms with Crippen LogP contribution in [0.5, 0.6) is 0 Å². The van der Waals surface area contributed by atoms with Gasteiger partial charge in [0, 0.05) is 33.8 Å². The Balaban J connectivity index is 1.79. The molecule has 0 aliphatic carbocycles. The molecule has 0 N–H and O–H groups in total. The molecule has 2 aliphatic rings. The zero-order valence-electron chi connectivity index (χ0n) is 21.1. The van der Waals surface area contributed by atoms with Gasteiger partial charge in [-0.05, 0) is 12.5 Å². The van der Waals surface area contributed by atoms with Crippen LogP contribution in [0.2, 0.25) is 0 Å². The molecule has 2 saturated heterocycles. The van der Waals surface area contributed by atoms with E-state index in [9.17, 15) is 14.4 Å². The highest BCUT2D eigenvalue weighted by atomic mass is 16.7. The summed E-state index contributed by atoms with van der Waals surface area (Å²) in [6.45, 7) is 4.57. The van der Waals surface area contributed by atoms with Crippen molar-refractivity contribution in [2.45, 2.75) is 89.4 Å². The first-order valence-corrected chi connectivity index (χ1v) is 11.8. The molecule has 0 spiro atoms. The standard InChI is InChI=1S/C25H34O11/c1-14-22(18(11-20(29-4)32-14)31-13-17-9-7-6-8-10-17)35-21-12-19(33-15(2)26)23(34-16(3)27)24(36-21)25(28)30-5/h6-10,14,18-24H,11-13H2,1-5H3/t14-,18-,19-,20+,21+,22-,23+,24+/m1/s1. The minimum absolute atomic E-state index is 0.00729. The zero-order chi connectivity index (χ0) is 26.2. The van der Waals surface area contributed by atoms with Gasteiger partial charge in [-0.25, -0.2) is 4.79 Å². The molecule has 11 nitrogen and oxygen atoms in total. The van der Waals surface area contributed by atoms with Crippen molar-refractivity contribution in [1.82, 2.24) is 0 Å². The number of methoxy groups -OCH3 is 2. The summed E-state index contributed by atoms with van der Waals surface area (Å²) in [6.07, 6.45) is -6.14. The fourth-order valence-corrected chi connectivity index (χ4v) is 4.33. The Hall–Kier alpha value is -2.57. The molecule has 0 aromatic heterocycles. The maximum Gasteiger partial charge on any atom is 0.339 e. The van der Waals surface area contributed by atoms with E-state index in [0.717, 1.165) is 5.56 Å². The summed E-state index contributed by atoms with van der Waals surface area (Å²) >= 11 is 0. The molecule has 200 valence electrons. The fraction of sp³-hybridized carbons (Fsp3) is 0.640. The van der Waals surface area contributed by atoms with Gasteiger partial charge in [0.1, 0.15) is 12.2 Å². The molecule has 36 heavy (non-hydrogen) atoms. The minimum Gasteiger partial charge on any atom is -0.467 e. The second kappa shape index (κ2) is 13.1. The Morgan fingerprint density at radius 3 is 2.17 bits per heavy atom. The first-order valence-electron chi connectivity index (χ1n) is 11.8. The third kappa shape index (κ3) is 7.47. The van der Waals surface area contributed by atoms with Crippen molar-refractivity contribution in [2.24, 2.45) is 0 Å². The first-order chi connectivity index (χ1) is 17.2. The van der Waals surface area contributed by atoms with Crippen LogP contribution in [0.3, 0.4) is 0 Å². The highest BCUT2D eigenvalue weighted by Gasteiger charge is 2.49. The molecule has 0 saturated carbocycles. The SMILES string of the molecule is COC(=O)[C@H]1O[C@H](O[C@@H]2[C@@H](C)O[C@H](OC)C[C@H]2OCc2ccccc2)C[C@@H](OC(C)=O)[C@@H]1OC(C)=O. The molecule has 1 aromatic rings. The third-order valence-electron chi connectivity index (χ3n) is 5.94. The van der Waals surface area contributed by atoms with Crippen LogP contribution in [0, 0.1) is 0 Å². The first kappa shape index (κ1) is 28.0. The number of hydrogen-bond acceptors (Lipinski definition) is 11. The van der Waals surface area contributed by atoms with Crippen LogP contribution < -0.4 is 0 Å². The maximum absolute atomic E-state index is 12.5. The smallest absolute Gasteiger partial charge is 0.339 e. The molecular weight excluding hydrogens is 476 g/mol. The summed E-state index contributed by atoms with van der Waals surface area (Å²) in [7, 11) is 2.73. The van der Waals surface area contributed by atoms with Crippen molar-refractivity contribution < 1.29 is 52.3 Å². The van der Waals surface area contributed by atoms with Crippen LogP contribution in [0.15, 0.2) is 30.3 Å². The summed E-state index contributed by atoms with van der Waals surface area (Å²) < 4.78 is 45.1. The Morgan fingerprint density at radius 1 is 0.889 bits per heavy atom. The van der Waals surface area contributed by atoms with E-state index in [4.69, 9.17) is 37.9 Å². The largest absolute Gasteiger partial charge is 0.467 e. The van der Waals surface area contributed by atoms with E-state index in [2.05, 4.69) is 0 Å². The molecule has 1 aromatic carbocycles. The monoisotopic (exact) mass is 510 g/mol. The predicted octanol–water partition coefficient (Wildman–Crippen LogP) is 1.89. The highest BCUT2D eigenvalue weighted by molar-refractivity contribution is 5.77. The van der Waals surface area contributed by atoms with Crippen molar-refractivity contribution in [3.05, 3.63) is 35.9 Å². The molecule has 2 aliphatic heterocycles. The van der Waals surface area contributed by atoms with Crippen molar-refractivity contribution in [1.29, 1.82) is 0 Å². The topological polar surface area (TPSA) is 125 Å². The van der Waals surface area contributed by atoms with Crippen molar-refractivity contribution in [2.75, 3.05) is 14.2 Å². The van der Waals surface area contributed by atoms with E-state index in [1.54, 1.807) is 7.11 Å². The number of hydrogen-bond donors (Lipinski definition) is 0. The van der Waals surface area contributed by atoms with Gasteiger partial charge in [-0.2, -0.15) is 0 Å². The maximum atomic E-state index is 12.5. The Labute approximate surface area is 210 Å². The van der Waals surface area contributed by atoms with Gasteiger partial charge in [-0.15, -0.1) is 0 Å². The van der Waals surface area contributed by atoms with Gasteiger partial charge in [0.2, 0.25) is 0 Å². The number of esters is 3. The average molecular weight is 511 g/mol. The van der Waals surface area contributed by atoms with Gasteiger partial charge in [0.05, 0.1) is 25.9 Å². The highest BCUT2D eigenvalue weighted by Crippen LogP contribution is 2.32. The molecule has 0 unspecified atom stereocenters. The van der Waals surface area contributed by atoms with Gasteiger partial charge < -0.3 is 37.9 Å². The summed E-state index contributed by atoms with van der Waals surface area (Å²) in [6, 6.07) is 9.68. The van der Waals surface area contributed by atoms with Gasteiger partial charge in [-0.3, -0.25) is 9.59 Å². The van der Waals surface area contributed by atoms with E-state index in [1.807, 2.05) is 37.3 Å². The summed E-state index contributed by atoms with van der Waals surface area (Å²) in [4.78, 5) is 35.9. The molecule has 0 radical (unpaired) electrons. The average Bonchev–Trinajstić information content (AvgIpc) is 2.85. The Kier molecular flexibility index (Phi) is 10.2. The minimum atomic E-state index is -1.36. The summed E-state index contributed by atoms with van der Waals surface area (Å²) in [5.41, 5.74) is 0.989. The number of rotatable bonds is 9. The molecule has 8 atom stereocenters. The normalized spacial score (nSPS) is 32.4. The van der Waals surface area contributed by atoms with E-state index >= 15 is 0 Å². The number of ether oxygens (including phenoxy) is 8. The Bertz CT molecular complexity index is 876. The third-order valence-corrected chi connectivity index (χ3v) is 5.94. The van der Waals surface area contributed by atoms with E-state index in [1.165, 1.54) is 21.0 Å². The second-order valence-electron chi connectivity index (χ2n) is 8.64. The zero-order valence-corrected chi connectivity index (χ0v) is 21.1. The fourth-order valence-electron chi connectivity index (χ4n) is 4.33. The van der Waals surface area contributed by atoms with E-state index < -0.39 is 67.1 Å². The molecule has 3 rings (SSSR count). The lowest BCUT2D eigenvalue weighted by molar-refractivity contribution is -0.315. The van der Waals surface area contributed by atoms with Crippen LogP contribution in [-0.4, -0.2) is 81.3 Å². The molecule has 0 amide bonds. The van der Waals surface area contributed by atoms with Gasteiger partial charge in [0.25, 0.3) is 0 Å². The van der Waals surface area contributed by atoms with Gasteiger partial charge >= 0.3 is 17.9 Å². The lowest BCUT2D eigenvalue weighted by Crippen LogP contribution is -2.58. The molecule has 0 bridgehead atoms. The van der Waals surface area contributed by atoms with Crippen molar-refractivity contribution in [3.63, 3.8) is 0 Å². The van der Waals surface area contributed by atoms with Crippen molar-refractivity contribution in [3.8, 4) is 0 Å². The summed E-state index contributed by atoms with van der Waals surface area (Å²) in [5, 5.41) is 0. The van der Waals surface area contributed by atoms with Crippen LogP contribution in [0.25, 0.3) is 0 Å². The number of carbonyl (C=O) groups excluding carboxylic acids is 3. The summed E-state index contributed by atoms with van der Waals surface area (Å²) in [5.74, 6) is -2.07. The molecule has 2 fully saturated rings. The molecule has 11 heteroatoms.